The third-order valence-corrected chi connectivity index (χ3v) is 18.7. The highest BCUT2D eigenvalue weighted by Gasteiger charge is 2.56. The molecule has 0 radical (unpaired) electrons. The van der Waals surface area contributed by atoms with Gasteiger partial charge >= 0.3 is 0 Å². The second-order valence-corrected chi connectivity index (χ2v) is 22.2. The van der Waals surface area contributed by atoms with E-state index in [0.29, 0.717) is 0 Å². The van der Waals surface area contributed by atoms with Gasteiger partial charge < -0.3 is 4.57 Å². The third-order valence-electron chi connectivity index (χ3n) is 17.5. The first kappa shape index (κ1) is 40.1. The third kappa shape index (κ3) is 4.75. The van der Waals surface area contributed by atoms with Crippen LogP contribution in [-0.2, 0) is 16.2 Å². The van der Waals surface area contributed by atoms with Crippen molar-refractivity contribution in [3.05, 3.63) is 280 Å². The molecule has 4 heterocycles. The maximum Gasteiger partial charge on any atom is 0.0937 e. The van der Waals surface area contributed by atoms with Crippen LogP contribution < -0.4 is 0 Å². The van der Waals surface area contributed by atoms with Gasteiger partial charge in [0.05, 0.1) is 33.3 Å². The summed E-state index contributed by atoms with van der Waals surface area (Å²) in [6.45, 7) is 4.84. The number of para-hydroxylation sites is 2. The maximum atomic E-state index is 5.50. The smallest absolute Gasteiger partial charge is 0.0937 e. The molecule has 12 aromatic rings. The summed E-state index contributed by atoms with van der Waals surface area (Å²) in [5.74, 6) is 0. The van der Waals surface area contributed by atoms with Gasteiger partial charge in [0.15, 0.2) is 0 Å². The summed E-state index contributed by atoms with van der Waals surface area (Å²) in [6.07, 6.45) is 4.04. The van der Waals surface area contributed by atoms with Crippen LogP contribution in [-0.4, -0.2) is 14.5 Å². The first-order chi connectivity index (χ1) is 36.0. The molecule has 1 atom stereocenters. The minimum atomic E-state index is -0.674. The molecule has 1 unspecified atom stereocenters. The molecule has 9 aromatic carbocycles. The second kappa shape index (κ2) is 13.9. The molecule has 0 fully saturated rings. The second-order valence-electron chi connectivity index (χ2n) is 21.1. The van der Waals surface area contributed by atoms with E-state index in [9.17, 15) is 0 Å². The largest absolute Gasteiger partial charge is 0.309 e. The van der Waals surface area contributed by atoms with Crippen LogP contribution in [0.15, 0.2) is 235 Å². The number of pyridine rings is 2. The van der Waals surface area contributed by atoms with E-state index in [1.54, 1.807) is 0 Å². The van der Waals surface area contributed by atoms with Crippen molar-refractivity contribution in [2.24, 2.45) is 0 Å². The van der Waals surface area contributed by atoms with Crippen LogP contribution in [0.25, 0.3) is 83.4 Å². The summed E-state index contributed by atoms with van der Waals surface area (Å²) in [5, 5.41) is 2.56. The van der Waals surface area contributed by atoms with Crippen LogP contribution in [0.2, 0.25) is 0 Å². The zero-order valence-corrected chi connectivity index (χ0v) is 40.9. The van der Waals surface area contributed by atoms with E-state index in [1.807, 2.05) is 18.0 Å². The Labute approximate surface area is 427 Å². The Balaban J connectivity index is 0.890. The zero-order chi connectivity index (χ0) is 48.0. The lowest BCUT2D eigenvalue weighted by atomic mass is 9.66. The van der Waals surface area contributed by atoms with Crippen molar-refractivity contribution in [3.8, 4) is 61.6 Å². The van der Waals surface area contributed by atoms with Gasteiger partial charge in [-0.3, -0.25) is 9.97 Å². The predicted molar refractivity (Wildman–Crippen MR) is 297 cm³/mol. The number of fused-ring (bicyclic) bond motifs is 26. The van der Waals surface area contributed by atoms with E-state index in [2.05, 4.69) is 237 Å². The van der Waals surface area contributed by atoms with Gasteiger partial charge in [0.1, 0.15) is 0 Å². The molecule has 17 rings (SSSR count). The Hall–Kier alpha value is -8.57. The molecule has 73 heavy (non-hydrogen) atoms. The van der Waals surface area contributed by atoms with Gasteiger partial charge in [0.2, 0.25) is 0 Å². The fourth-order valence-electron chi connectivity index (χ4n) is 14.7. The number of benzene rings is 9. The molecule has 0 N–H and O–H groups in total. The fraction of sp³-hybridized carbons (Fsp3) is 0.0725. The molecule has 3 aromatic heterocycles. The van der Waals surface area contributed by atoms with Crippen molar-refractivity contribution < 1.29 is 0 Å². The first-order valence-electron chi connectivity index (χ1n) is 25.5. The Bertz CT molecular complexity index is 4420. The van der Waals surface area contributed by atoms with Gasteiger partial charge in [0, 0.05) is 55.2 Å². The van der Waals surface area contributed by atoms with Crippen molar-refractivity contribution in [3.63, 3.8) is 0 Å². The van der Waals surface area contributed by atoms with Crippen molar-refractivity contribution in [2.75, 3.05) is 0 Å². The lowest BCUT2D eigenvalue weighted by molar-refractivity contribution is 0.664. The average molecular weight is 946 g/mol. The monoisotopic (exact) mass is 945 g/mol. The molecule has 0 saturated carbocycles. The fourth-order valence-corrected chi connectivity index (χ4v) is 15.9. The molecule has 4 aliphatic carbocycles. The molecule has 3 nitrogen and oxygen atoms in total. The number of hydrogen-bond donors (Lipinski definition) is 0. The molecule has 340 valence electrons. The van der Waals surface area contributed by atoms with Crippen molar-refractivity contribution >= 4 is 33.6 Å². The summed E-state index contributed by atoms with van der Waals surface area (Å²) >= 11 is 1.91. The molecule has 0 saturated heterocycles. The van der Waals surface area contributed by atoms with Gasteiger partial charge in [-0.1, -0.05) is 183 Å². The summed E-state index contributed by atoms with van der Waals surface area (Å²) < 4.78 is 2.49. The molecular formula is C69H43N3S. The lowest BCUT2D eigenvalue weighted by Gasteiger charge is -2.40. The van der Waals surface area contributed by atoms with E-state index >= 15 is 0 Å². The molecule has 4 heteroatoms. The highest BCUT2D eigenvalue weighted by molar-refractivity contribution is 7.99. The standard InChI is InChI=1S/C69H43N3S/c1-67(2)56-35-40(30-31-46(56)48-32-33-49-47-22-9-14-28-60(47)72(66(49)63(48)67)42-17-4-3-5-18-42)41-36-59-65(71-39-41)64-55(27-16-34-70-64)69(59)54-26-13-15-29-61(54)73-62-38-57-50(37-58(62)69)45-21-8-12-25-53(45)68(57)51-23-10-6-19-43(51)44-20-7-11-24-52(44)68/h3-39H,1-2H3. The van der Waals surface area contributed by atoms with Gasteiger partial charge in [-0.15, -0.1) is 0 Å². The molecule has 0 amide bonds. The topological polar surface area (TPSA) is 30.7 Å². The van der Waals surface area contributed by atoms with Crippen LogP contribution >= 0.6 is 11.8 Å². The Morgan fingerprint density at radius 1 is 0.384 bits per heavy atom. The van der Waals surface area contributed by atoms with Crippen molar-refractivity contribution in [1.29, 1.82) is 0 Å². The highest BCUT2D eigenvalue weighted by atomic mass is 32.2. The van der Waals surface area contributed by atoms with Crippen molar-refractivity contribution in [2.45, 2.75) is 39.9 Å². The Kier molecular flexibility index (Phi) is 7.62. The maximum absolute atomic E-state index is 5.50. The zero-order valence-electron chi connectivity index (χ0n) is 40.1. The van der Waals surface area contributed by atoms with Gasteiger partial charge in [-0.25, -0.2) is 0 Å². The Morgan fingerprint density at radius 2 is 0.986 bits per heavy atom. The molecule has 0 bridgehead atoms. The van der Waals surface area contributed by atoms with E-state index in [-0.39, 0.29) is 5.41 Å². The molecule has 1 aliphatic heterocycles. The van der Waals surface area contributed by atoms with E-state index in [4.69, 9.17) is 9.97 Å². The van der Waals surface area contributed by atoms with Gasteiger partial charge in [-0.2, -0.15) is 0 Å². The van der Waals surface area contributed by atoms with E-state index < -0.39 is 10.8 Å². The van der Waals surface area contributed by atoms with Gasteiger partial charge in [-0.05, 0) is 144 Å². The highest BCUT2D eigenvalue weighted by Crippen LogP contribution is 2.67. The quantitative estimate of drug-likeness (QED) is 0.173. The van der Waals surface area contributed by atoms with Crippen LogP contribution in [0.4, 0.5) is 0 Å². The SMILES string of the molecule is CC1(C)c2cc(-c3cnc4c(c3)C3(c5ccccc5Sc5cc6c(cc53)-c3ccccc3C63c5ccccc5-c5ccccc53)c3cccnc3-4)ccc2-c2ccc3c4ccccc4n(-c4ccccc4)c3c21. The molecule has 5 aliphatic rings. The molecule has 2 spiro atoms. The van der Waals surface area contributed by atoms with E-state index in [0.717, 1.165) is 22.5 Å². The lowest BCUT2D eigenvalue weighted by Crippen LogP contribution is -2.33. The normalized spacial score (nSPS) is 16.8. The minimum Gasteiger partial charge on any atom is -0.309 e. The number of rotatable bonds is 2. The van der Waals surface area contributed by atoms with Crippen LogP contribution in [0.5, 0.6) is 0 Å². The van der Waals surface area contributed by atoms with E-state index in [1.165, 1.54) is 126 Å². The Morgan fingerprint density at radius 3 is 1.77 bits per heavy atom. The van der Waals surface area contributed by atoms with Crippen molar-refractivity contribution in [1.82, 2.24) is 14.5 Å². The number of hydrogen-bond acceptors (Lipinski definition) is 3. The summed E-state index contributed by atoms with van der Waals surface area (Å²) in [6, 6.07) is 80.2. The van der Waals surface area contributed by atoms with Crippen LogP contribution in [0.3, 0.4) is 0 Å². The minimum absolute atomic E-state index is 0.292. The predicted octanol–water partition coefficient (Wildman–Crippen LogP) is 16.7. The number of aromatic nitrogens is 3. The summed E-state index contributed by atoms with van der Waals surface area (Å²) in [7, 11) is 0. The van der Waals surface area contributed by atoms with Crippen LogP contribution in [0, 0.1) is 0 Å². The first-order valence-corrected chi connectivity index (χ1v) is 26.3. The average Bonchev–Trinajstić information content (AvgIpc) is 4.27. The number of nitrogens with zero attached hydrogens (tertiary/aromatic N) is 3. The summed E-state index contributed by atoms with van der Waals surface area (Å²) in [5.41, 5.74) is 27.3. The summed E-state index contributed by atoms with van der Waals surface area (Å²) in [4.78, 5) is 13.2. The van der Waals surface area contributed by atoms with Crippen LogP contribution in [0.1, 0.15) is 69.5 Å². The molecular weight excluding hydrogens is 903 g/mol. The van der Waals surface area contributed by atoms with Gasteiger partial charge in [0.25, 0.3) is 0 Å².